The molecule has 26 atom stereocenters. The van der Waals surface area contributed by atoms with Crippen LogP contribution in [0, 0.1) is 28.6 Å². The Morgan fingerprint density at radius 2 is 1.29 bits per heavy atom. The molecule has 412 valence electrons. The normalized spacial score (nSPS) is 50.3. The van der Waals surface area contributed by atoms with E-state index < -0.39 is 128 Å². The molecule has 6 N–H and O–H groups in total. The molecule has 8 rings (SSSR count). The number of rotatable bonds is 15. The molecule has 8 aliphatic rings. The Morgan fingerprint density at radius 3 is 1.82 bits per heavy atom. The van der Waals surface area contributed by atoms with Crippen molar-refractivity contribution in [3.63, 3.8) is 0 Å². The Kier molecular flexibility index (Phi) is 17.8. The smallest absolute Gasteiger partial charge is 0.333 e. The molecule has 72 heavy (non-hydrogen) atoms. The lowest BCUT2D eigenvalue weighted by molar-refractivity contribution is -0.357. The lowest BCUT2D eigenvalue weighted by Gasteiger charge is -2.63. The maximum absolute atomic E-state index is 12.8. The number of ether oxygens (including phenoxy) is 12. The number of carbonyl (C=O) groups excluding carboxylic acids is 1. The van der Waals surface area contributed by atoms with E-state index in [0.29, 0.717) is 37.7 Å². The highest BCUT2D eigenvalue weighted by Gasteiger charge is 2.70. The molecule has 19 heteroatoms. The zero-order valence-electron chi connectivity index (χ0n) is 44.2. The van der Waals surface area contributed by atoms with Crippen LogP contribution in [0.3, 0.4) is 0 Å². The summed E-state index contributed by atoms with van der Waals surface area (Å²) >= 11 is 0. The Hall–Kier alpha value is -1.73. The van der Waals surface area contributed by atoms with Gasteiger partial charge in [0.05, 0.1) is 61.0 Å². The molecule has 0 aromatic rings. The first-order valence-electron chi connectivity index (χ1n) is 26.6. The Bertz CT molecular complexity index is 1900. The molecular weight excluding hydrogens is 941 g/mol. The van der Waals surface area contributed by atoms with Crippen LogP contribution in [0.15, 0.2) is 23.3 Å². The van der Waals surface area contributed by atoms with Gasteiger partial charge in [-0.25, -0.2) is 4.79 Å². The number of hydrogen-bond donors (Lipinski definition) is 6. The summed E-state index contributed by atoms with van der Waals surface area (Å²) in [5.41, 5.74) is -0.256. The third-order valence-electron chi connectivity index (χ3n) is 18.9. The molecule has 0 amide bonds. The van der Waals surface area contributed by atoms with Crippen LogP contribution in [0.2, 0.25) is 0 Å². The summed E-state index contributed by atoms with van der Waals surface area (Å²) in [6.07, 6.45) is -4.98. The fourth-order valence-electron chi connectivity index (χ4n) is 14.4. The van der Waals surface area contributed by atoms with Crippen LogP contribution >= 0.6 is 0 Å². The van der Waals surface area contributed by atoms with E-state index in [0.717, 1.165) is 25.7 Å². The molecule has 3 saturated carbocycles. The third-order valence-corrected chi connectivity index (χ3v) is 18.9. The Balaban J connectivity index is 0.837. The minimum absolute atomic E-state index is 0.0248. The number of aliphatic hydroxyl groups is 6. The second kappa shape index (κ2) is 22.7. The molecular formula is C53H86O19. The van der Waals surface area contributed by atoms with Gasteiger partial charge in [0.1, 0.15) is 48.8 Å². The van der Waals surface area contributed by atoms with Crippen LogP contribution in [0.25, 0.3) is 0 Å². The van der Waals surface area contributed by atoms with Gasteiger partial charge >= 0.3 is 5.97 Å². The minimum Gasteiger partial charge on any atom is -0.459 e. The van der Waals surface area contributed by atoms with Gasteiger partial charge in [0.25, 0.3) is 0 Å². The van der Waals surface area contributed by atoms with Crippen molar-refractivity contribution in [3.05, 3.63) is 23.3 Å². The average molecular weight is 1030 g/mol. The van der Waals surface area contributed by atoms with Gasteiger partial charge in [0.2, 0.25) is 0 Å². The van der Waals surface area contributed by atoms with Gasteiger partial charge in [-0.15, -0.1) is 0 Å². The number of esters is 1. The summed E-state index contributed by atoms with van der Waals surface area (Å²) in [6.45, 7) is 14.8. The zero-order valence-corrected chi connectivity index (χ0v) is 44.2. The molecule has 0 aromatic carbocycles. The highest BCUT2D eigenvalue weighted by molar-refractivity contribution is 5.87. The van der Waals surface area contributed by atoms with Gasteiger partial charge in [0, 0.05) is 57.5 Å². The second-order valence-corrected chi connectivity index (χ2v) is 22.6. The highest BCUT2D eigenvalue weighted by atomic mass is 16.8. The monoisotopic (exact) mass is 1030 g/mol. The molecule has 0 radical (unpaired) electrons. The number of carbonyl (C=O) groups is 1. The van der Waals surface area contributed by atoms with E-state index in [4.69, 9.17) is 56.8 Å². The maximum atomic E-state index is 12.8. The first-order chi connectivity index (χ1) is 34.1. The largest absolute Gasteiger partial charge is 0.459 e. The van der Waals surface area contributed by atoms with Crippen LogP contribution < -0.4 is 0 Å². The van der Waals surface area contributed by atoms with Gasteiger partial charge in [-0.05, 0) is 104 Å². The van der Waals surface area contributed by atoms with E-state index in [1.165, 1.54) is 12.7 Å². The van der Waals surface area contributed by atoms with E-state index >= 15 is 0 Å². The summed E-state index contributed by atoms with van der Waals surface area (Å²) in [4.78, 5) is 12.8. The van der Waals surface area contributed by atoms with Crippen LogP contribution in [-0.2, 0) is 61.6 Å². The second-order valence-electron chi connectivity index (χ2n) is 22.6. The number of allylic oxidation sites excluding steroid dienone is 2. The molecule has 4 aliphatic heterocycles. The van der Waals surface area contributed by atoms with Crippen molar-refractivity contribution in [1.82, 2.24) is 0 Å². The van der Waals surface area contributed by atoms with E-state index in [-0.39, 0.29) is 47.8 Å². The van der Waals surface area contributed by atoms with Gasteiger partial charge in [-0.1, -0.05) is 31.6 Å². The first kappa shape index (κ1) is 56.5. The molecule has 7 fully saturated rings. The van der Waals surface area contributed by atoms with Crippen LogP contribution in [-0.4, -0.2) is 193 Å². The van der Waals surface area contributed by atoms with Gasteiger partial charge in [0.15, 0.2) is 25.2 Å². The quantitative estimate of drug-likeness (QED) is 0.0782. The van der Waals surface area contributed by atoms with Gasteiger partial charge < -0.3 is 87.5 Å². The molecule has 19 nitrogen and oxygen atoms in total. The third kappa shape index (κ3) is 10.4. The van der Waals surface area contributed by atoms with Crippen molar-refractivity contribution in [2.75, 3.05) is 27.9 Å². The number of fused-ring (bicyclic) bond motifs is 5. The number of hydrogen-bond acceptors (Lipinski definition) is 19. The summed E-state index contributed by atoms with van der Waals surface area (Å²) in [5, 5.41) is 65.6. The Labute approximate surface area is 425 Å². The average Bonchev–Trinajstić information content (AvgIpc) is 3.65. The fraction of sp³-hybridized carbons (Fsp3) is 0.906. The summed E-state index contributed by atoms with van der Waals surface area (Å²) in [6, 6.07) is 0. The molecule has 0 spiro atoms. The summed E-state index contributed by atoms with van der Waals surface area (Å²) < 4.78 is 74.6. The lowest BCUT2D eigenvalue weighted by Crippen LogP contribution is -2.66. The molecule has 4 saturated heterocycles. The predicted molar refractivity (Wildman–Crippen MR) is 256 cm³/mol. The molecule has 1 unspecified atom stereocenters. The van der Waals surface area contributed by atoms with E-state index in [1.54, 1.807) is 34.1 Å². The number of methoxy groups -OCH3 is 3. The van der Waals surface area contributed by atoms with Crippen LogP contribution in [0.4, 0.5) is 0 Å². The zero-order chi connectivity index (χ0) is 52.2. The van der Waals surface area contributed by atoms with Crippen molar-refractivity contribution in [3.8, 4) is 0 Å². The van der Waals surface area contributed by atoms with E-state index in [9.17, 15) is 35.4 Å². The van der Waals surface area contributed by atoms with E-state index in [2.05, 4.69) is 13.0 Å². The lowest BCUT2D eigenvalue weighted by atomic mass is 9.45. The number of aliphatic hydroxyl groups excluding tert-OH is 5. The minimum atomic E-state index is -1.59. The standard InChI is InChI=1S/C53H86O19/c1-12-25(2)49(59)67-26(3)32-16-18-53(60)33-14-13-30-19-31(15-17-51(30,7)34(33)20-39(55)52(32,53)8)68-40-21-35(61-9)46(27(4)64-40)70-41-22-36(62-10)47(28(5)65-41)71-42-23-37(63-11)48(29(6)66-42)72-50-45(58)44(57)43(56)38(24-54)69-50/h12-13,26-29,31-48,50,54-58,60H,14-24H2,1-11H3/b25-12+/t26?,27-,28-,29-,31+,32-,33-,34+,35+,36+,37-,38-,39-,40+,41+,42+,43-,44+,45-,46+,47+,48-,50+,51+,52+,53+/m1/s1. The Morgan fingerprint density at radius 1 is 0.750 bits per heavy atom. The van der Waals surface area contributed by atoms with Crippen molar-refractivity contribution in [2.45, 2.75) is 248 Å². The van der Waals surface area contributed by atoms with Crippen LogP contribution in [0.5, 0.6) is 0 Å². The maximum Gasteiger partial charge on any atom is 0.333 e. The molecule has 4 heterocycles. The van der Waals surface area contributed by atoms with Crippen molar-refractivity contribution in [1.29, 1.82) is 0 Å². The van der Waals surface area contributed by atoms with Gasteiger partial charge in [-0.2, -0.15) is 0 Å². The van der Waals surface area contributed by atoms with E-state index in [1.807, 2.05) is 34.6 Å². The predicted octanol–water partition coefficient (Wildman–Crippen LogP) is 3.34. The summed E-state index contributed by atoms with van der Waals surface area (Å²) in [7, 11) is 4.80. The van der Waals surface area contributed by atoms with Crippen molar-refractivity contribution < 1.29 is 92.3 Å². The first-order valence-corrected chi connectivity index (χ1v) is 26.6. The van der Waals surface area contributed by atoms with Crippen molar-refractivity contribution in [2.24, 2.45) is 28.6 Å². The van der Waals surface area contributed by atoms with Crippen LogP contribution in [0.1, 0.15) is 120 Å². The fourth-order valence-corrected chi connectivity index (χ4v) is 14.4. The SMILES string of the molecule is C/C=C(\C)C(=O)OC(C)[C@H]1CC[C@]2(O)[C@@H]3CC=C4C[C@@H](O[C@H]5C[C@H](OC)[C@@H](O[C@H]6C[C@H](OC)[C@@H](O[C@H]7C[C@@H](OC)[C@H](O[C@@H]8O[C@H](CO)[C@@H](O)[C@H](O)[C@H]8O)[C@@H](C)O7)[C@@H](C)O6)[C@@H](C)O5)CC[C@]4(C)[C@H]3C[C@@H](O)[C@]12C. The van der Waals surface area contributed by atoms with Gasteiger partial charge in [-0.3, -0.25) is 0 Å². The molecule has 0 bridgehead atoms. The van der Waals surface area contributed by atoms with Crippen molar-refractivity contribution >= 4 is 5.97 Å². The summed E-state index contributed by atoms with van der Waals surface area (Å²) in [5.74, 6) is -0.459. The topological polar surface area (TPSA) is 249 Å². The molecule has 4 aliphatic carbocycles. The molecule has 0 aromatic heterocycles. The highest BCUT2D eigenvalue weighted by Crippen LogP contribution is 2.68.